The van der Waals surface area contributed by atoms with Crippen LogP contribution in [0.25, 0.3) is 0 Å². The molecule has 0 saturated carbocycles. The molecule has 0 saturated heterocycles. The van der Waals surface area contributed by atoms with Crippen LogP contribution in [0, 0.1) is 0 Å². The first-order chi connectivity index (χ1) is 12.7. The molecule has 5 heteroatoms. The van der Waals surface area contributed by atoms with Crippen LogP contribution in [0.5, 0.6) is 5.75 Å². The maximum Gasteiger partial charge on any atom is 0.127 e. The second-order valence-corrected chi connectivity index (χ2v) is 6.63. The lowest BCUT2D eigenvalue weighted by Crippen LogP contribution is -2.33. The molecular weight excluding hydrogens is 346 g/mol. The van der Waals surface area contributed by atoms with E-state index in [1.165, 1.54) is 0 Å². The lowest BCUT2D eigenvalue weighted by Gasteiger charge is -2.31. The van der Waals surface area contributed by atoms with E-state index in [9.17, 15) is 5.11 Å². The molecule has 0 aliphatic carbocycles. The van der Waals surface area contributed by atoms with Crippen molar-refractivity contribution in [2.24, 2.45) is 4.99 Å². The fourth-order valence-corrected chi connectivity index (χ4v) is 3.48. The Hall–Kier alpha value is -2.69. The van der Waals surface area contributed by atoms with Gasteiger partial charge in [0.2, 0.25) is 0 Å². The van der Waals surface area contributed by atoms with Gasteiger partial charge in [-0.3, -0.25) is 15.3 Å². The maximum absolute atomic E-state index is 10.3. The molecule has 3 aromatic rings. The normalized spacial score (nSPS) is 19.8. The molecule has 0 unspecified atom stereocenters. The van der Waals surface area contributed by atoms with Crippen molar-refractivity contribution in [2.75, 3.05) is 0 Å². The SMILES string of the molecule is Oc1ccccc1C1=N[C@H](c2ccccc2Cl)N[C@H](c2cccnc2)C1. The van der Waals surface area contributed by atoms with E-state index in [1.807, 2.05) is 60.8 Å². The predicted molar refractivity (Wildman–Crippen MR) is 104 cm³/mol. The number of hydrogen-bond donors (Lipinski definition) is 2. The average Bonchev–Trinajstić information content (AvgIpc) is 2.69. The molecule has 4 rings (SSSR count). The van der Waals surface area contributed by atoms with Crippen LogP contribution in [-0.2, 0) is 0 Å². The topological polar surface area (TPSA) is 57.5 Å². The Morgan fingerprint density at radius 3 is 2.58 bits per heavy atom. The van der Waals surface area contributed by atoms with E-state index in [0.717, 1.165) is 22.4 Å². The number of phenols is 1. The summed E-state index contributed by atoms with van der Waals surface area (Å²) in [6.45, 7) is 0. The summed E-state index contributed by atoms with van der Waals surface area (Å²) in [7, 11) is 0. The number of aromatic nitrogens is 1. The summed E-state index contributed by atoms with van der Waals surface area (Å²) < 4.78 is 0. The quantitative estimate of drug-likeness (QED) is 0.711. The Morgan fingerprint density at radius 1 is 1.00 bits per heavy atom. The summed E-state index contributed by atoms with van der Waals surface area (Å²) in [6, 6.07) is 19.0. The molecule has 0 fully saturated rings. The first-order valence-corrected chi connectivity index (χ1v) is 8.85. The largest absolute Gasteiger partial charge is 0.507 e. The molecule has 0 amide bonds. The number of benzene rings is 2. The van der Waals surface area contributed by atoms with Crippen LogP contribution in [0.15, 0.2) is 78.0 Å². The lowest BCUT2D eigenvalue weighted by atomic mass is 9.94. The zero-order valence-electron chi connectivity index (χ0n) is 14.0. The zero-order valence-corrected chi connectivity index (χ0v) is 14.8. The van der Waals surface area contributed by atoms with E-state index >= 15 is 0 Å². The Bertz CT molecular complexity index is 943. The maximum atomic E-state index is 10.3. The Labute approximate surface area is 157 Å². The molecule has 0 bridgehead atoms. The van der Waals surface area contributed by atoms with Gasteiger partial charge >= 0.3 is 0 Å². The lowest BCUT2D eigenvalue weighted by molar-refractivity contribution is 0.438. The fourth-order valence-electron chi connectivity index (χ4n) is 3.24. The minimum atomic E-state index is -0.294. The predicted octanol–water partition coefficient (Wildman–Crippen LogP) is 4.66. The molecule has 2 heterocycles. The number of halogens is 1. The van der Waals surface area contributed by atoms with Gasteiger partial charge in [-0.2, -0.15) is 0 Å². The molecule has 26 heavy (non-hydrogen) atoms. The first-order valence-electron chi connectivity index (χ1n) is 8.48. The van der Waals surface area contributed by atoms with Crippen LogP contribution in [0.2, 0.25) is 5.02 Å². The summed E-state index contributed by atoms with van der Waals surface area (Å²) in [4.78, 5) is 9.10. The van der Waals surface area contributed by atoms with Gasteiger partial charge in [0.1, 0.15) is 11.9 Å². The van der Waals surface area contributed by atoms with Gasteiger partial charge in [0, 0.05) is 41.0 Å². The molecular formula is C21H18ClN3O. The molecule has 1 aromatic heterocycles. The molecule has 130 valence electrons. The molecule has 0 spiro atoms. The van der Waals surface area contributed by atoms with Crippen molar-refractivity contribution < 1.29 is 5.11 Å². The van der Waals surface area contributed by atoms with Crippen LogP contribution in [-0.4, -0.2) is 15.8 Å². The Kier molecular flexibility index (Phi) is 4.69. The van der Waals surface area contributed by atoms with E-state index in [1.54, 1.807) is 12.3 Å². The number of phenolic OH excluding ortho intramolecular Hbond substituents is 1. The van der Waals surface area contributed by atoms with Crippen molar-refractivity contribution >= 4 is 17.3 Å². The third-order valence-corrected chi connectivity index (χ3v) is 4.89. The molecule has 4 nitrogen and oxygen atoms in total. The molecule has 1 aliphatic rings. The highest BCUT2D eigenvalue weighted by atomic mass is 35.5. The first kappa shape index (κ1) is 16.8. The van der Waals surface area contributed by atoms with Crippen molar-refractivity contribution in [3.63, 3.8) is 0 Å². The third kappa shape index (κ3) is 3.34. The highest BCUT2D eigenvalue weighted by molar-refractivity contribution is 6.31. The minimum Gasteiger partial charge on any atom is -0.507 e. The van der Waals surface area contributed by atoms with Crippen LogP contribution >= 0.6 is 11.6 Å². The van der Waals surface area contributed by atoms with E-state index < -0.39 is 0 Å². The van der Waals surface area contributed by atoms with Gasteiger partial charge in [-0.1, -0.05) is 48.0 Å². The van der Waals surface area contributed by atoms with Crippen molar-refractivity contribution in [3.8, 4) is 5.75 Å². The van der Waals surface area contributed by atoms with Crippen molar-refractivity contribution in [2.45, 2.75) is 18.6 Å². The van der Waals surface area contributed by atoms with Crippen LogP contribution in [0.3, 0.4) is 0 Å². The number of pyridine rings is 1. The van der Waals surface area contributed by atoms with Crippen LogP contribution < -0.4 is 5.32 Å². The van der Waals surface area contributed by atoms with Crippen LogP contribution in [0.1, 0.15) is 35.3 Å². The molecule has 0 radical (unpaired) electrons. The molecule has 2 aromatic carbocycles. The van der Waals surface area contributed by atoms with Crippen molar-refractivity contribution in [3.05, 3.63) is 94.8 Å². The van der Waals surface area contributed by atoms with E-state index in [0.29, 0.717) is 11.4 Å². The smallest absolute Gasteiger partial charge is 0.127 e. The van der Waals surface area contributed by atoms with Crippen molar-refractivity contribution in [1.82, 2.24) is 10.3 Å². The Balaban J connectivity index is 1.79. The minimum absolute atomic E-state index is 0.0251. The van der Waals surface area contributed by atoms with E-state index in [-0.39, 0.29) is 18.0 Å². The number of nitrogens with zero attached hydrogens (tertiary/aromatic N) is 2. The fraction of sp³-hybridized carbons (Fsp3) is 0.143. The molecule has 2 N–H and O–H groups in total. The number of hydrogen-bond acceptors (Lipinski definition) is 4. The molecule has 2 atom stereocenters. The van der Waals surface area contributed by atoms with Gasteiger partial charge in [-0.25, -0.2) is 0 Å². The third-order valence-electron chi connectivity index (χ3n) is 4.54. The van der Waals surface area contributed by atoms with Crippen LogP contribution in [0.4, 0.5) is 0 Å². The van der Waals surface area contributed by atoms with Gasteiger partial charge in [-0.05, 0) is 29.8 Å². The summed E-state index contributed by atoms with van der Waals surface area (Å²) in [5.74, 6) is 0.232. The summed E-state index contributed by atoms with van der Waals surface area (Å²) in [6.07, 6.45) is 3.98. The standard InChI is InChI=1S/C21H18ClN3O/c22-17-9-3-1-7-15(17)21-24-18(14-6-5-11-23-13-14)12-19(25-21)16-8-2-4-10-20(16)26/h1-11,13,18,21,24,26H,12H2/t18-,21+/m0/s1. The summed E-state index contributed by atoms with van der Waals surface area (Å²) in [5, 5.41) is 14.5. The van der Waals surface area contributed by atoms with E-state index in [4.69, 9.17) is 16.6 Å². The second-order valence-electron chi connectivity index (χ2n) is 6.23. The summed E-state index contributed by atoms with van der Waals surface area (Å²) in [5.41, 5.74) is 3.59. The summed E-state index contributed by atoms with van der Waals surface area (Å²) >= 11 is 6.41. The van der Waals surface area contributed by atoms with Gasteiger partial charge in [0.05, 0.1) is 5.71 Å². The highest BCUT2D eigenvalue weighted by Gasteiger charge is 2.28. The Morgan fingerprint density at radius 2 is 1.81 bits per heavy atom. The number of aliphatic imine (C=N–C) groups is 1. The van der Waals surface area contributed by atoms with Crippen molar-refractivity contribution in [1.29, 1.82) is 0 Å². The number of rotatable bonds is 3. The number of nitrogens with one attached hydrogen (secondary N) is 1. The average molecular weight is 364 g/mol. The second kappa shape index (κ2) is 7.28. The van der Waals surface area contributed by atoms with Gasteiger partial charge in [-0.15, -0.1) is 0 Å². The van der Waals surface area contributed by atoms with Gasteiger partial charge in [0.15, 0.2) is 0 Å². The van der Waals surface area contributed by atoms with Gasteiger partial charge < -0.3 is 5.11 Å². The molecule has 1 aliphatic heterocycles. The monoisotopic (exact) mass is 363 g/mol. The van der Waals surface area contributed by atoms with Gasteiger partial charge in [0.25, 0.3) is 0 Å². The zero-order chi connectivity index (χ0) is 17.9. The van der Waals surface area contributed by atoms with E-state index in [2.05, 4.69) is 10.3 Å². The highest BCUT2D eigenvalue weighted by Crippen LogP contribution is 2.34. The number of para-hydroxylation sites is 1. The number of aromatic hydroxyl groups is 1.